The molecule has 0 bridgehead atoms. The summed E-state index contributed by atoms with van der Waals surface area (Å²) in [5, 5.41) is 15.6. The maximum atomic E-state index is 9.02. The van der Waals surface area contributed by atoms with Crippen LogP contribution in [-0.2, 0) is 6.42 Å². The van der Waals surface area contributed by atoms with Gasteiger partial charge in [-0.25, -0.2) is 0 Å². The third-order valence-electron chi connectivity index (χ3n) is 2.35. The first-order valence-electron chi connectivity index (χ1n) is 5.92. The van der Waals surface area contributed by atoms with E-state index in [2.05, 4.69) is 34.9 Å². The van der Waals surface area contributed by atoms with Gasteiger partial charge in [-0.05, 0) is 25.5 Å². The molecule has 1 rings (SSSR count). The van der Waals surface area contributed by atoms with Gasteiger partial charge in [-0.2, -0.15) is 0 Å². The van der Waals surface area contributed by atoms with E-state index in [4.69, 9.17) is 5.11 Å². The maximum Gasteiger partial charge on any atom is 0.0636 e. The molecule has 0 aromatic heterocycles. The fourth-order valence-corrected chi connectivity index (χ4v) is 1.49. The number of hydrogen-bond donors (Lipinski definition) is 3. The Kier molecular flexibility index (Phi) is 14.6. The zero-order valence-electron chi connectivity index (χ0n) is 10.8. The SMILES string of the molecule is CC(O)CNCCNCCc1ccccc1.Cl.Cl. The molecule has 18 heavy (non-hydrogen) atoms. The van der Waals surface area contributed by atoms with E-state index in [-0.39, 0.29) is 30.9 Å². The van der Waals surface area contributed by atoms with E-state index in [1.54, 1.807) is 6.92 Å². The lowest BCUT2D eigenvalue weighted by Gasteiger charge is -2.08. The molecule has 0 heterocycles. The lowest BCUT2D eigenvalue weighted by atomic mass is 10.1. The van der Waals surface area contributed by atoms with Crippen LogP contribution in [-0.4, -0.2) is 37.4 Å². The second kappa shape index (κ2) is 13.1. The molecule has 0 aliphatic heterocycles. The summed E-state index contributed by atoms with van der Waals surface area (Å²) in [5.74, 6) is 0. The number of halogens is 2. The number of aliphatic hydroxyl groups excluding tert-OH is 1. The predicted octanol–water partition coefficient (Wildman–Crippen LogP) is 1.63. The van der Waals surface area contributed by atoms with E-state index in [0.717, 1.165) is 26.1 Å². The van der Waals surface area contributed by atoms with Gasteiger partial charge in [0.15, 0.2) is 0 Å². The Bertz CT molecular complexity index is 271. The van der Waals surface area contributed by atoms with Gasteiger partial charge >= 0.3 is 0 Å². The summed E-state index contributed by atoms with van der Waals surface area (Å²) < 4.78 is 0. The average molecular weight is 295 g/mol. The van der Waals surface area contributed by atoms with Crippen molar-refractivity contribution in [3.05, 3.63) is 35.9 Å². The summed E-state index contributed by atoms with van der Waals surface area (Å²) in [6.45, 7) is 5.30. The first-order valence-corrected chi connectivity index (χ1v) is 5.92. The molecule has 3 nitrogen and oxygen atoms in total. The van der Waals surface area contributed by atoms with Crippen molar-refractivity contribution < 1.29 is 5.11 Å². The fraction of sp³-hybridized carbons (Fsp3) is 0.538. The van der Waals surface area contributed by atoms with E-state index in [0.29, 0.717) is 6.54 Å². The second-order valence-corrected chi connectivity index (χ2v) is 4.04. The van der Waals surface area contributed by atoms with Crippen molar-refractivity contribution in [2.24, 2.45) is 0 Å². The van der Waals surface area contributed by atoms with Gasteiger partial charge in [-0.1, -0.05) is 30.3 Å². The van der Waals surface area contributed by atoms with E-state index >= 15 is 0 Å². The van der Waals surface area contributed by atoms with Crippen LogP contribution in [0.2, 0.25) is 0 Å². The van der Waals surface area contributed by atoms with Crippen LogP contribution in [0, 0.1) is 0 Å². The van der Waals surface area contributed by atoms with E-state index < -0.39 is 0 Å². The van der Waals surface area contributed by atoms with Crippen molar-refractivity contribution in [1.82, 2.24) is 10.6 Å². The van der Waals surface area contributed by atoms with Gasteiger partial charge < -0.3 is 15.7 Å². The number of hydrogen-bond acceptors (Lipinski definition) is 3. The van der Waals surface area contributed by atoms with Crippen LogP contribution in [0.25, 0.3) is 0 Å². The molecule has 0 aliphatic rings. The smallest absolute Gasteiger partial charge is 0.0636 e. The van der Waals surface area contributed by atoms with Crippen LogP contribution in [0.3, 0.4) is 0 Å². The minimum absolute atomic E-state index is 0. The Balaban J connectivity index is 0. The van der Waals surface area contributed by atoms with Gasteiger partial charge in [0, 0.05) is 19.6 Å². The molecule has 1 atom stereocenters. The van der Waals surface area contributed by atoms with E-state index in [1.165, 1.54) is 5.56 Å². The Hall–Kier alpha value is -0.320. The molecule has 0 saturated carbocycles. The molecule has 3 N–H and O–H groups in total. The zero-order valence-corrected chi connectivity index (χ0v) is 12.4. The minimum Gasteiger partial charge on any atom is -0.392 e. The molecule has 106 valence electrons. The van der Waals surface area contributed by atoms with Crippen LogP contribution >= 0.6 is 24.8 Å². The number of rotatable bonds is 8. The van der Waals surface area contributed by atoms with Gasteiger partial charge in [0.05, 0.1) is 6.10 Å². The van der Waals surface area contributed by atoms with Crippen LogP contribution in [0.4, 0.5) is 0 Å². The van der Waals surface area contributed by atoms with Crippen LogP contribution in [0.5, 0.6) is 0 Å². The molecule has 1 unspecified atom stereocenters. The second-order valence-electron chi connectivity index (χ2n) is 4.04. The quantitative estimate of drug-likeness (QED) is 0.639. The van der Waals surface area contributed by atoms with Crippen LogP contribution in [0.1, 0.15) is 12.5 Å². The van der Waals surface area contributed by atoms with Crippen LogP contribution in [0.15, 0.2) is 30.3 Å². The normalized spacial score (nSPS) is 11.2. The summed E-state index contributed by atoms with van der Waals surface area (Å²) in [6.07, 6.45) is 0.807. The Morgan fingerprint density at radius 3 is 2.22 bits per heavy atom. The Morgan fingerprint density at radius 2 is 1.61 bits per heavy atom. The Morgan fingerprint density at radius 1 is 1.00 bits per heavy atom. The molecular weight excluding hydrogens is 271 g/mol. The summed E-state index contributed by atoms with van der Waals surface area (Å²) in [7, 11) is 0. The van der Waals surface area contributed by atoms with Crippen molar-refractivity contribution in [3.8, 4) is 0 Å². The standard InChI is InChI=1S/C13H22N2O.2ClH/c1-12(16)11-15-10-9-14-8-7-13-5-3-2-4-6-13;;/h2-6,12,14-16H,7-11H2,1H3;2*1H. The van der Waals surface area contributed by atoms with Crippen molar-refractivity contribution >= 4 is 24.8 Å². The molecule has 5 heteroatoms. The topological polar surface area (TPSA) is 44.3 Å². The predicted molar refractivity (Wildman–Crippen MR) is 82.1 cm³/mol. The molecule has 1 aromatic carbocycles. The molecular formula is C13H24Cl2N2O. The third kappa shape index (κ3) is 10.8. The minimum atomic E-state index is -0.260. The summed E-state index contributed by atoms with van der Waals surface area (Å²) in [5.41, 5.74) is 1.37. The lowest BCUT2D eigenvalue weighted by molar-refractivity contribution is 0.191. The highest BCUT2D eigenvalue weighted by molar-refractivity contribution is 5.85. The van der Waals surface area contributed by atoms with E-state index in [9.17, 15) is 0 Å². The van der Waals surface area contributed by atoms with Crippen molar-refractivity contribution in [1.29, 1.82) is 0 Å². The number of benzene rings is 1. The molecule has 1 aromatic rings. The van der Waals surface area contributed by atoms with Crippen molar-refractivity contribution in [3.63, 3.8) is 0 Å². The molecule has 0 fully saturated rings. The van der Waals surface area contributed by atoms with Crippen LogP contribution < -0.4 is 10.6 Å². The molecule has 0 aliphatic carbocycles. The number of aliphatic hydroxyl groups is 1. The first kappa shape index (κ1) is 20.0. The van der Waals surface area contributed by atoms with Gasteiger partial charge in [0.1, 0.15) is 0 Å². The monoisotopic (exact) mass is 294 g/mol. The van der Waals surface area contributed by atoms with Crippen molar-refractivity contribution in [2.75, 3.05) is 26.2 Å². The highest BCUT2D eigenvalue weighted by atomic mass is 35.5. The van der Waals surface area contributed by atoms with Gasteiger partial charge in [-0.3, -0.25) is 0 Å². The molecule has 0 spiro atoms. The number of nitrogens with one attached hydrogen (secondary N) is 2. The van der Waals surface area contributed by atoms with E-state index in [1.807, 2.05) is 6.07 Å². The van der Waals surface area contributed by atoms with Gasteiger partial charge in [0.2, 0.25) is 0 Å². The lowest BCUT2D eigenvalue weighted by Crippen LogP contribution is -2.32. The fourth-order valence-electron chi connectivity index (χ4n) is 1.49. The third-order valence-corrected chi connectivity index (χ3v) is 2.35. The molecule has 0 saturated heterocycles. The van der Waals surface area contributed by atoms with Gasteiger partial charge in [0.25, 0.3) is 0 Å². The summed E-state index contributed by atoms with van der Waals surface area (Å²) >= 11 is 0. The Labute approximate surface area is 122 Å². The first-order chi connectivity index (χ1) is 7.79. The molecule has 0 radical (unpaired) electrons. The summed E-state index contributed by atoms with van der Waals surface area (Å²) in [6, 6.07) is 10.5. The highest BCUT2D eigenvalue weighted by Crippen LogP contribution is 1.97. The highest BCUT2D eigenvalue weighted by Gasteiger charge is 1.94. The summed E-state index contributed by atoms with van der Waals surface area (Å²) in [4.78, 5) is 0. The van der Waals surface area contributed by atoms with Crippen molar-refractivity contribution in [2.45, 2.75) is 19.4 Å². The van der Waals surface area contributed by atoms with Gasteiger partial charge in [-0.15, -0.1) is 24.8 Å². The molecule has 0 amide bonds. The zero-order chi connectivity index (χ0) is 11.6. The largest absolute Gasteiger partial charge is 0.392 e. The average Bonchev–Trinajstić information content (AvgIpc) is 2.29. The maximum absolute atomic E-state index is 9.02.